The average Bonchev–Trinajstić information content (AvgIpc) is 2.99. The van der Waals surface area contributed by atoms with Gasteiger partial charge in [0, 0.05) is 11.6 Å². The average molecular weight is 290 g/mol. The van der Waals surface area contributed by atoms with E-state index in [1.807, 2.05) is 6.92 Å². The maximum absolute atomic E-state index is 11.9. The normalized spacial score (nSPS) is 14.7. The van der Waals surface area contributed by atoms with Crippen molar-refractivity contribution >= 4 is 11.8 Å². The number of hydrogen-bond acceptors (Lipinski definition) is 3. The third kappa shape index (κ3) is 4.77. The Morgan fingerprint density at radius 1 is 1.19 bits per heavy atom. The molecule has 0 aromatic heterocycles. The lowest BCUT2D eigenvalue weighted by atomic mass is 10.2. The molecule has 1 aromatic carbocycles. The van der Waals surface area contributed by atoms with Gasteiger partial charge in [0.1, 0.15) is 5.75 Å². The van der Waals surface area contributed by atoms with Crippen molar-refractivity contribution < 1.29 is 14.3 Å². The SMILES string of the molecule is CCOc1ccc(C(=O)NCC(=O)NC2CCCC2)cc1. The Morgan fingerprint density at radius 2 is 1.86 bits per heavy atom. The molecule has 5 nitrogen and oxygen atoms in total. The van der Waals surface area contributed by atoms with Crippen LogP contribution in [0.2, 0.25) is 0 Å². The van der Waals surface area contributed by atoms with E-state index in [9.17, 15) is 9.59 Å². The molecule has 0 radical (unpaired) electrons. The highest BCUT2D eigenvalue weighted by atomic mass is 16.5. The quantitative estimate of drug-likeness (QED) is 0.840. The number of rotatable bonds is 6. The Balaban J connectivity index is 1.76. The molecule has 0 saturated heterocycles. The van der Waals surface area contributed by atoms with Crippen LogP contribution in [-0.4, -0.2) is 31.0 Å². The molecule has 0 atom stereocenters. The van der Waals surface area contributed by atoms with Crippen LogP contribution in [0.15, 0.2) is 24.3 Å². The molecule has 1 aliphatic rings. The molecule has 0 aliphatic heterocycles. The number of benzene rings is 1. The lowest BCUT2D eigenvalue weighted by Crippen LogP contribution is -2.40. The molecule has 0 heterocycles. The summed E-state index contributed by atoms with van der Waals surface area (Å²) in [4.78, 5) is 23.7. The Hall–Kier alpha value is -2.04. The minimum absolute atomic E-state index is 0.0164. The van der Waals surface area contributed by atoms with Crippen LogP contribution in [0.4, 0.5) is 0 Å². The van der Waals surface area contributed by atoms with Gasteiger partial charge in [-0.1, -0.05) is 12.8 Å². The van der Waals surface area contributed by atoms with E-state index in [4.69, 9.17) is 4.74 Å². The zero-order valence-corrected chi connectivity index (χ0v) is 12.4. The summed E-state index contributed by atoms with van der Waals surface area (Å²) >= 11 is 0. The van der Waals surface area contributed by atoms with Gasteiger partial charge in [-0.15, -0.1) is 0 Å². The van der Waals surface area contributed by atoms with Crippen LogP contribution in [0, 0.1) is 0 Å². The van der Waals surface area contributed by atoms with Crippen molar-refractivity contribution in [2.45, 2.75) is 38.6 Å². The van der Waals surface area contributed by atoms with Crippen LogP contribution >= 0.6 is 0 Å². The van der Waals surface area contributed by atoms with Crippen LogP contribution in [0.25, 0.3) is 0 Å². The molecular weight excluding hydrogens is 268 g/mol. The highest BCUT2D eigenvalue weighted by molar-refractivity contribution is 5.96. The van der Waals surface area contributed by atoms with Gasteiger partial charge >= 0.3 is 0 Å². The monoisotopic (exact) mass is 290 g/mol. The Kier molecular flexibility index (Phi) is 5.60. The van der Waals surface area contributed by atoms with Gasteiger partial charge in [0.05, 0.1) is 13.2 Å². The molecule has 2 N–H and O–H groups in total. The smallest absolute Gasteiger partial charge is 0.251 e. The summed E-state index contributed by atoms with van der Waals surface area (Å²) in [6.07, 6.45) is 4.42. The fraction of sp³-hybridized carbons (Fsp3) is 0.500. The van der Waals surface area contributed by atoms with Gasteiger partial charge in [-0.3, -0.25) is 9.59 Å². The number of carbonyl (C=O) groups is 2. The number of hydrogen-bond donors (Lipinski definition) is 2. The van der Waals surface area contributed by atoms with Crippen molar-refractivity contribution in [1.82, 2.24) is 10.6 Å². The van der Waals surface area contributed by atoms with E-state index in [2.05, 4.69) is 10.6 Å². The van der Waals surface area contributed by atoms with E-state index in [1.165, 1.54) is 12.8 Å². The van der Waals surface area contributed by atoms with Crippen LogP contribution in [0.5, 0.6) is 5.75 Å². The molecule has 2 amide bonds. The second-order valence-electron chi connectivity index (χ2n) is 5.19. The highest BCUT2D eigenvalue weighted by Crippen LogP contribution is 2.17. The molecule has 5 heteroatoms. The summed E-state index contributed by atoms with van der Waals surface area (Å²) in [5.41, 5.74) is 0.520. The summed E-state index contributed by atoms with van der Waals surface area (Å²) in [7, 11) is 0. The zero-order valence-electron chi connectivity index (χ0n) is 12.4. The van der Waals surface area contributed by atoms with Crippen LogP contribution in [0.1, 0.15) is 43.0 Å². The van der Waals surface area contributed by atoms with E-state index >= 15 is 0 Å². The highest BCUT2D eigenvalue weighted by Gasteiger charge is 2.17. The fourth-order valence-corrected chi connectivity index (χ4v) is 2.48. The van der Waals surface area contributed by atoms with Crippen molar-refractivity contribution in [1.29, 1.82) is 0 Å². The van der Waals surface area contributed by atoms with Crippen molar-refractivity contribution in [3.8, 4) is 5.75 Å². The number of nitrogens with one attached hydrogen (secondary N) is 2. The third-order valence-corrected chi connectivity index (χ3v) is 3.56. The van der Waals surface area contributed by atoms with Gasteiger partial charge in [0.2, 0.25) is 5.91 Å². The largest absolute Gasteiger partial charge is 0.494 e. The minimum Gasteiger partial charge on any atom is -0.494 e. The first-order chi connectivity index (χ1) is 10.2. The van der Waals surface area contributed by atoms with Crippen LogP contribution in [0.3, 0.4) is 0 Å². The first-order valence-electron chi connectivity index (χ1n) is 7.49. The van der Waals surface area contributed by atoms with E-state index in [0.29, 0.717) is 12.2 Å². The second kappa shape index (κ2) is 7.67. The van der Waals surface area contributed by atoms with Gasteiger partial charge in [-0.2, -0.15) is 0 Å². The summed E-state index contributed by atoms with van der Waals surface area (Å²) in [6, 6.07) is 7.15. The van der Waals surface area contributed by atoms with E-state index in [0.717, 1.165) is 18.6 Å². The van der Waals surface area contributed by atoms with Crippen molar-refractivity contribution in [3.05, 3.63) is 29.8 Å². The molecule has 1 saturated carbocycles. The van der Waals surface area contributed by atoms with E-state index < -0.39 is 0 Å². The lowest BCUT2D eigenvalue weighted by Gasteiger charge is -2.12. The number of carbonyl (C=O) groups excluding carboxylic acids is 2. The van der Waals surface area contributed by atoms with Gasteiger partial charge in [-0.25, -0.2) is 0 Å². The third-order valence-electron chi connectivity index (χ3n) is 3.56. The van der Waals surface area contributed by atoms with Gasteiger partial charge < -0.3 is 15.4 Å². The van der Waals surface area contributed by atoms with Gasteiger partial charge in [-0.05, 0) is 44.0 Å². The predicted octanol–water partition coefficient (Wildman–Crippen LogP) is 1.87. The van der Waals surface area contributed by atoms with E-state index in [-0.39, 0.29) is 24.4 Å². The van der Waals surface area contributed by atoms with Crippen LogP contribution < -0.4 is 15.4 Å². The number of amides is 2. The molecule has 1 aliphatic carbocycles. The predicted molar refractivity (Wildman–Crippen MR) is 80.3 cm³/mol. The molecule has 1 fully saturated rings. The summed E-state index contributed by atoms with van der Waals surface area (Å²) < 4.78 is 5.32. The minimum atomic E-state index is -0.250. The van der Waals surface area contributed by atoms with E-state index in [1.54, 1.807) is 24.3 Å². The standard InChI is InChI=1S/C16H22N2O3/c1-2-21-14-9-7-12(8-10-14)16(20)17-11-15(19)18-13-5-3-4-6-13/h7-10,13H,2-6,11H2,1H3,(H,17,20)(H,18,19). The van der Waals surface area contributed by atoms with Gasteiger partial charge in [0.15, 0.2) is 0 Å². The molecule has 114 valence electrons. The first-order valence-corrected chi connectivity index (χ1v) is 7.49. The zero-order chi connectivity index (χ0) is 15.1. The molecule has 0 bridgehead atoms. The van der Waals surface area contributed by atoms with Crippen molar-refractivity contribution in [2.75, 3.05) is 13.2 Å². The Morgan fingerprint density at radius 3 is 2.48 bits per heavy atom. The maximum Gasteiger partial charge on any atom is 0.251 e. The molecule has 0 spiro atoms. The summed E-state index contributed by atoms with van der Waals surface area (Å²) in [5, 5.41) is 5.57. The summed E-state index contributed by atoms with van der Waals surface area (Å²) in [5.74, 6) is 0.355. The Labute approximate surface area is 125 Å². The van der Waals surface area contributed by atoms with Crippen molar-refractivity contribution in [2.24, 2.45) is 0 Å². The number of ether oxygens (including phenoxy) is 1. The van der Waals surface area contributed by atoms with Crippen molar-refractivity contribution in [3.63, 3.8) is 0 Å². The molecule has 1 aromatic rings. The second-order valence-corrected chi connectivity index (χ2v) is 5.19. The molecular formula is C16H22N2O3. The molecule has 2 rings (SSSR count). The Bertz CT molecular complexity index is 479. The van der Waals surface area contributed by atoms with Gasteiger partial charge in [0.25, 0.3) is 5.91 Å². The fourth-order valence-electron chi connectivity index (χ4n) is 2.48. The van der Waals surface area contributed by atoms with Crippen LogP contribution in [-0.2, 0) is 4.79 Å². The lowest BCUT2D eigenvalue weighted by molar-refractivity contribution is -0.120. The molecule has 21 heavy (non-hydrogen) atoms. The summed E-state index contributed by atoms with van der Waals surface area (Å²) in [6.45, 7) is 2.51. The maximum atomic E-state index is 11.9. The molecule has 0 unspecified atom stereocenters. The topological polar surface area (TPSA) is 67.4 Å². The first kappa shape index (κ1) is 15.4.